The van der Waals surface area contributed by atoms with Gasteiger partial charge in [0.25, 0.3) is 0 Å². The van der Waals surface area contributed by atoms with E-state index in [9.17, 15) is 22.4 Å². The summed E-state index contributed by atoms with van der Waals surface area (Å²) >= 11 is 0. The van der Waals surface area contributed by atoms with E-state index in [0.717, 1.165) is 12.1 Å². The number of carboxylic acids is 1. The minimum Gasteiger partial charge on any atom is -0.481 e. The van der Waals surface area contributed by atoms with Crippen LogP contribution in [-0.4, -0.2) is 34.3 Å². The fourth-order valence-corrected chi connectivity index (χ4v) is 5.77. The Balaban J connectivity index is 0.000000207. The van der Waals surface area contributed by atoms with Crippen LogP contribution < -0.4 is 5.32 Å². The molecule has 3 saturated carbocycles. The molecule has 0 amide bonds. The first-order chi connectivity index (χ1) is 17.7. The highest BCUT2D eigenvalue weighted by atomic mass is 19.4. The molecule has 4 nitrogen and oxygen atoms in total. The van der Waals surface area contributed by atoms with Crippen LogP contribution >= 0.6 is 0 Å². The maximum absolute atomic E-state index is 13.3. The summed E-state index contributed by atoms with van der Waals surface area (Å²) in [5.74, 6) is -1.48. The van der Waals surface area contributed by atoms with Gasteiger partial charge in [0.15, 0.2) is 0 Å². The summed E-state index contributed by atoms with van der Waals surface area (Å²) in [6.45, 7) is 0. The summed E-state index contributed by atoms with van der Waals surface area (Å²) in [5, 5.41) is 12.7. The van der Waals surface area contributed by atoms with Crippen LogP contribution in [0, 0.1) is 5.82 Å². The first-order valence-corrected chi connectivity index (χ1v) is 13.7. The van der Waals surface area contributed by atoms with Gasteiger partial charge in [0.1, 0.15) is 11.2 Å². The fourth-order valence-electron chi connectivity index (χ4n) is 5.77. The Morgan fingerprint density at radius 3 is 1.95 bits per heavy atom. The maximum atomic E-state index is 13.3. The van der Waals surface area contributed by atoms with Gasteiger partial charge in [-0.25, -0.2) is 4.39 Å². The molecule has 3 fully saturated rings. The highest BCUT2D eigenvalue weighted by Crippen LogP contribution is 2.59. The molecule has 0 atom stereocenters. The number of H-pyrrole nitrogens is 1. The molecule has 1 aromatic heterocycles. The quantitative estimate of drug-likeness (QED) is 0.327. The van der Waals surface area contributed by atoms with Crippen molar-refractivity contribution in [2.24, 2.45) is 0 Å². The number of rotatable bonds is 7. The van der Waals surface area contributed by atoms with E-state index in [4.69, 9.17) is 5.11 Å². The van der Waals surface area contributed by atoms with Crippen molar-refractivity contribution < 1.29 is 27.5 Å². The van der Waals surface area contributed by atoms with Gasteiger partial charge in [0.05, 0.1) is 0 Å². The molecule has 5 rings (SSSR count). The van der Waals surface area contributed by atoms with Crippen LogP contribution in [0.3, 0.4) is 0 Å². The van der Waals surface area contributed by atoms with Gasteiger partial charge in [-0.05, 0) is 86.4 Å². The largest absolute Gasteiger partial charge is 0.481 e. The van der Waals surface area contributed by atoms with E-state index in [1.54, 1.807) is 0 Å². The number of hydrogen-bond acceptors (Lipinski definition) is 2. The maximum Gasteiger partial charge on any atom is 0.399 e. The lowest BCUT2D eigenvalue weighted by Gasteiger charge is -2.30. The lowest BCUT2D eigenvalue weighted by molar-refractivity contribution is -0.161. The summed E-state index contributed by atoms with van der Waals surface area (Å²) in [6, 6.07) is 8.50. The van der Waals surface area contributed by atoms with Gasteiger partial charge in [0, 0.05) is 29.9 Å². The Hall–Kier alpha value is -2.35. The number of aromatic nitrogens is 1. The predicted octanol–water partition coefficient (Wildman–Crippen LogP) is 7.67. The number of aromatic amines is 1. The third kappa shape index (κ3) is 7.15. The Labute approximate surface area is 216 Å². The zero-order valence-electron chi connectivity index (χ0n) is 21.3. The van der Waals surface area contributed by atoms with Crippen molar-refractivity contribution in [1.82, 2.24) is 10.3 Å². The van der Waals surface area contributed by atoms with Crippen LogP contribution in [0.4, 0.5) is 17.6 Å². The second-order valence-electron chi connectivity index (χ2n) is 10.9. The topological polar surface area (TPSA) is 65.1 Å². The summed E-state index contributed by atoms with van der Waals surface area (Å²) in [5.41, 5.74) is -0.379. The molecule has 2 aromatic rings. The Bertz CT molecular complexity index is 1000. The summed E-state index contributed by atoms with van der Waals surface area (Å²) < 4.78 is 53.1. The molecule has 3 N–H and O–H groups in total. The van der Waals surface area contributed by atoms with Crippen molar-refractivity contribution in [3.05, 3.63) is 47.4 Å². The molecule has 8 heteroatoms. The number of alkyl halides is 3. The Morgan fingerprint density at radius 2 is 1.49 bits per heavy atom. The van der Waals surface area contributed by atoms with Gasteiger partial charge >= 0.3 is 12.1 Å². The van der Waals surface area contributed by atoms with Gasteiger partial charge < -0.3 is 15.4 Å². The first kappa shape index (κ1) is 27.7. The molecule has 3 aliphatic rings. The zero-order chi connectivity index (χ0) is 26.5. The van der Waals surface area contributed by atoms with E-state index >= 15 is 0 Å². The zero-order valence-corrected chi connectivity index (χ0v) is 21.3. The predicted molar refractivity (Wildman–Crippen MR) is 136 cm³/mol. The molecule has 1 heterocycles. The van der Waals surface area contributed by atoms with E-state index in [2.05, 4.69) is 10.3 Å². The average Bonchev–Trinajstić information content (AvgIpc) is 3.60. The normalized spacial score (nSPS) is 20.2. The third-order valence-corrected chi connectivity index (χ3v) is 8.13. The molecule has 204 valence electrons. The van der Waals surface area contributed by atoms with Crippen molar-refractivity contribution in [1.29, 1.82) is 0 Å². The van der Waals surface area contributed by atoms with Crippen molar-refractivity contribution in [2.45, 2.75) is 114 Å². The third-order valence-electron chi connectivity index (χ3n) is 8.13. The monoisotopic (exact) mass is 522 g/mol. The molecule has 37 heavy (non-hydrogen) atoms. The van der Waals surface area contributed by atoms with Gasteiger partial charge in [-0.15, -0.1) is 0 Å². The van der Waals surface area contributed by atoms with E-state index < -0.39 is 23.4 Å². The van der Waals surface area contributed by atoms with Crippen LogP contribution in [0.1, 0.15) is 94.7 Å². The second-order valence-corrected chi connectivity index (χ2v) is 10.9. The molecular weight excluding hydrogens is 484 g/mol. The molecule has 0 unspecified atom stereocenters. The highest BCUT2D eigenvalue weighted by Gasteiger charge is 2.65. The molecule has 0 aliphatic heterocycles. The van der Waals surface area contributed by atoms with E-state index in [1.165, 1.54) is 94.5 Å². The summed E-state index contributed by atoms with van der Waals surface area (Å²) in [6.07, 6.45) is 10.1. The molecule has 0 bridgehead atoms. The van der Waals surface area contributed by atoms with E-state index in [1.807, 2.05) is 0 Å². The van der Waals surface area contributed by atoms with Gasteiger partial charge in [-0.2, -0.15) is 13.2 Å². The van der Waals surface area contributed by atoms with E-state index in [-0.39, 0.29) is 31.4 Å². The number of halogens is 4. The van der Waals surface area contributed by atoms with Gasteiger partial charge in [0.2, 0.25) is 0 Å². The minimum atomic E-state index is -4.36. The number of aliphatic carboxylic acids is 1. The number of carbonyl (C=O) groups is 1. The van der Waals surface area contributed by atoms with Gasteiger partial charge in [-0.1, -0.05) is 38.5 Å². The first-order valence-electron chi connectivity index (χ1n) is 13.7. The molecule has 0 saturated heterocycles. The molecule has 1 aromatic carbocycles. The fraction of sp³-hybridized carbons (Fsp3) is 0.621. The molecular formula is C29H38F4N2O2. The van der Waals surface area contributed by atoms with Crippen LogP contribution in [0.25, 0.3) is 11.3 Å². The van der Waals surface area contributed by atoms with Crippen molar-refractivity contribution in [3.8, 4) is 11.3 Å². The van der Waals surface area contributed by atoms with E-state index in [0.29, 0.717) is 16.8 Å². The highest BCUT2D eigenvalue weighted by molar-refractivity contribution is 5.69. The number of benzene rings is 1. The van der Waals surface area contributed by atoms with Crippen molar-refractivity contribution >= 4 is 5.97 Å². The Kier molecular flexibility index (Phi) is 8.98. The van der Waals surface area contributed by atoms with Gasteiger partial charge in [-0.3, -0.25) is 4.79 Å². The minimum absolute atomic E-state index is 0.0121. The smallest absolute Gasteiger partial charge is 0.399 e. The molecule has 0 radical (unpaired) electrons. The number of carboxylic acid groups (broad SMARTS) is 1. The Morgan fingerprint density at radius 1 is 0.946 bits per heavy atom. The number of hydrogen-bond donors (Lipinski definition) is 3. The van der Waals surface area contributed by atoms with Crippen molar-refractivity contribution in [2.75, 3.05) is 0 Å². The number of nitrogens with one attached hydrogen (secondary N) is 2. The van der Waals surface area contributed by atoms with Crippen molar-refractivity contribution in [3.63, 3.8) is 0 Å². The SMILES string of the molecule is C1CCC(NC2CCCCC2)CC1.O=C(O)CCc1cc(C2(C(F)(F)F)CC2)[nH]c1-c1ccc(F)cc1. The molecule has 3 aliphatic carbocycles. The van der Waals surface area contributed by atoms with Crippen LogP contribution in [0.2, 0.25) is 0 Å². The second kappa shape index (κ2) is 12.0. The van der Waals surface area contributed by atoms with Crippen LogP contribution in [0.15, 0.2) is 30.3 Å². The number of aryl methyl sites for hydroxylation is 1. The summed E-state index contributed by atoms with van der Waals surface area (Å²) in [7, 11) is 0. The molecule has 0 spiro atoms. The van der Waals surface area contributed by atoms with Crippen LogP contribution in [-0.2, 0) is 16.6 Å². The lowest BCUT2D eigenvalue weighted by Crippen LogP contribution is -2.40. The average molecular weight is 523 g/mol. The lowest BCUT2D eigenvalue weighted by atomic mass is 9.91. The standard InChI is InChI=1S/C17H15F4NO2.C12H23N/c18-12-4-1-10(2-5-12)15-11(3-6-14(23)24)9-13(22-15)16(7-8-16)17(19,20)21;1-3-7-11(8-4-1)13-12-9-5-2-6-10-12/h1-2,4-5,9,22H,3,6-8H2,(H,23,24);11-13H,1-10H2. The van der Waals surface area contributed by atoms with Crippen LogP contribution in [0.5, 0.6) is 0 Å². The summed E-state index contributed by atoms with van der Waals surface area (Å²) in [4.78, 5) is 13.6.